The van der Waals surface area contributed by atoms with Crippen LogP contribution in [0.2, 0.25) is 0 Å². The fourth-order valence-electron chi connectivity index (χ4n) is 3.35. The largest absolute Gasteiger partial charge is 0.506 e. The SMILES string of the molecule is O=C(O)c1ccc(O)c(Nc2ccc(-c3ccc4c(c3)CCCC4)nn2)c1. The van der Waals surface area contributed by atoms with Gasteiger partial charge in [-0.05, 0) is 73.2 Å². The summed E-state index contributed by atoms with van der Waals surface area (Å²) >= 11 is 0. The summed E-state index contributed by atoms with van der Waals surface area (Å²) in [6, 6.07) is 14.1. The third-order valence-electron chi connectivity index (χ3n) is 4.82. The maximum Gasteiger partial charge on any atom is 0.335 e. The minimum Gasteiger partial charge on any atom is -0.506 e. The van der Waals surface area contributed by atoms with E-state index >= 15 is 0 Å². The van der Waals surface area contributed by atoms with E-state index < -0.39 is 5.97 Å². The van der Waals surface area contributed by atoms with E-state index in [0.717, 1.165) is 24.1 Å². The molecule has 6 heteroatoms. The molecule has 6 nitrogen and oxygen atoms in total. The molecule has 3 aromatic rings. The number of phenolic OH excluding ortho intramolecular Hbond substituents is 1. The molecule has 1 aliphatic carbocycles. The van der Waals surface area contributed by atoms with E-state index in [2.05, 4.69) is 33.7 Å². The highest BCUT2D eigenvalue weighted by atomic mass is 16.4. The van der Waals surface area contributed by atoms with Gasteiger partial charge in [0.2, 0.25) is 0 Å². The molecular weight excluding hydrogens is 342 g/mol. The van der Waals surface area contributed by atoms with Gasteiger partial charge >= 0.3 is 5.97 Å². The number of anilines is 2. The summed E-state index contributed by atoms with van der Waals surface area (Å²) < 4.78 is 0. The van der Waals surface area contributed by atoms with E-state index in [1.807, 2.05) is 6.07 Å². The molecule has 0 saturated carbocycles. The fourth-order valence-corrected chi connectivity index (χ4v) is 3.35. The number of nitrogens with zero attached hydrogens (tertiary/aromatic N) is 2. The van der Waals surface area contributed by atoms with Crippen molar-refractivity contribution in [3.63, 3.8) is 0 Å². The zero-order valence-corrected chi connectivity index (χ0v) is 14.6. The van der Waals surface area contributed by atoms with Crippen LogP contribution in [-0.2, 0) is 12.8 Å². The van der Waals surface area contributed by atoms with Crippen LogP contribution in [0.4, 0.5) is 11.5 Å². The monoisotopic (exact) mass is 361 g/mol. The molecule has 27 heavy (non-hydrogen) atoms. The first kappa shape index (κ1) is 17.0. The van der Waals surface area contributed by atoms with Crippen LogP contribution in [-0.4, -0.2) is 26.4 Å². The molecule has 1 aromatic heterocycles. The van der Waals surface area contributed by atoms with Gasteiger partial charge in [-0.3, -0.25) is 0 Å². The average Bonchev–Trinajstić information content (AvgIpc) is 2.69. The summed E-state index contributed by atoms with van der Waals surface area (Å²) in [6.45, 7) is 0. The first-order valence-electron chi connectivity index (χ1n) is 8.89. The Bertz CT molecular complexity index is 1000. The third kappa shape index (κ3) is 3.60. The Balaban J connectivity index is 1.56. The highest BCUT2D eigenvalue weighted by molar-refractivity contribution is 5.89. The van der Waals surface area contributed by atoms with Gasteiger partial charge < -0.3 is 15.5 Å². The van der Waals surface area contributed by atoms with Gasteiger partial charge in [0.05, 0.1) is 16.9 Å². The van der Waals surface area contributed by atoms with E-state index in [-0.39, 0.29) is 17.0 Å². The van der Waals surface area contributed by atoms with Crippen molar-refractivity contribution < 1.29 is 15.0 Å². The van der Waals surface area contributed by atoms with Gasteiger partial charge in [-0.2, -0.15) is 0 Å². The molecule has 0 bridgehead atoms. The first-order chi connectivity index (χ1) is 13.1. The molecule has 0 amide bonds. The van der Waals surface area contributed by atoms with Gasteiger partial charge in [0.1, 0.15) is 5.75 Å². The highest BCUT2D eigenvalue weighted by Gasteiger charge is 2.12. The Morgan fingerprint density at radius 1 is 0.926 bits per heavy atom. The Morgan fingerprint density at radius 2 is 1.74 bits per heavy atom. The molecule has 4 rings (SSSR count). The summed E-state index contributed by atoms with van der Waals surface area (Å²) in [4.78, 5) is 11.1. The number of benzene rings is 2. The van der Waals surface area contributed by atoms with Gasteiger partial charge in [0.15, 0.2) is 5.82 Å². The lowest BCUT2D eigenvalue weighted by atomic mass is 9.90. The van der Waals surface area contributed by atoms with Gasteiger partial charge in [-0.15, -0.1) is 10.2 Å². The summed E-state index contributed by atoms with van der Waals surface area (Å²) in [5.74, 6) is -0.693. The molecule has 0 aliphatic heterocycles. The van der Waals surface area contributed by atoms with Gasteiger partial charge in [0, 0.05) is 5.56 Å². The standard InChI is InChI=1S/C21H19N3O3/c25-19-9-7-16(21(26)27)12-18(19)22-20-10-8-17(23-24-20)15-6-5-13-3-1-2-4-14(13)11-15/h5-12,25H,1-4H2,(H,22,24)(H,26,27). The van der Waals surface area contributed by atoms with E-state index in [0.29, 0.717) is 5.82 Å². The number of nitrogens with one attached hydrogen (secondary N) is 1. The summed E-state index contributed by atoms with van der Waals surface area (Å²) in [5, 5.41) is 30.3. The number of aromatic nitrogens is 2. The van der Waals surface area contributed by atoms with E-state index in [4.69, 9.17) is 5.11 Å². The molecule has 136 valence electrons. The Kier molecular flexibility index (Phi) is 4.46. The van der Waals surface area contributed by atoms with Crippen LogP contribution in [0, 0.1) is 0 Å². The van der Waals surface area contributed by atoms with Crippen LogP contribution in [0.25, 0.3) is 11.3 Å². The fraction of sp³-hybridized carbons (Fsp3) is 0.190. The average molecular weight is 361 g/mol. The van der Waals surface area contributed by atoms with Crippen LogP contribution >= 0.6 is 0 Å². The third-order valence-corrected chi connectivity index (χ3v) is 4.82. The Morgan fingerprint density at radius 3 is 2.48 bits per heavy atom. The molecule has 1 heterocycles. The second-order valence-corrected chi connectivity index (χ2v) is 6.66. The number of carboxylic acid groups (broad SMARTS) is 1. The lowest BCUT2D eigenvalue weighted by Crippen LogP contribution is -2.03. The maximum atomic E-state index is 11.1. The van der Waals surface area contributed by atoms with Crippen molar-refractivity contribution in [2.75, 3.05) is 5.32 Å². The zero-order chi connectivity index (χ0) is 18.8. The number of carbonyl (C=O) groups is 1. The highest BCUT2D eigenvalue weighted by Crippen LogP contribution is 2.29. The number of fused-ring (bicyclic) bond motifs is 1. The van der Waals surface area contributed by atoms with Gasteiger partial charge in [0.25, 0.3) is 0 Å². The molecule has 1 aliphatic rings. The lowest BCUT2D eigenvalue weighted by Gasteiger charge is -2.16. The number of hydrogen-bond acceptors (Lipinski definition) is 5. The van der Waals surface area contributed by atoms with Crippen molar-refractivity contribution in [3.8, 4) is 17.0 Å². The van der Waals surface area contributed by atoms with Crippen LogP contribution in [0.3, 0.4) is 0 Å². The molecule has 0 saturated heterocycles. The van der Waals surface area contributed by atoms with E-state index in [1.54, 1.807) is 6.07 Å². The van der Waals surface area contributed by atoms with E-state index in [1.165, 1.54) is 42.2 Å². The predicted molar refractivity (Wildman–Crippen MR) is 102 cm³/mol. The molecule has 0 spiro atoms. The van der Waals surface area contributed by atoms with Crippen molar-refractivity contribution in [3.05, 3.63) is 65.2 Å². The molecule has 3 N–H and O–H groups in total. The smallest absolute Gasteiger partial charge is 0.335 e. The predicted octanol–water partition coefficient (Wildman–Crippen LogP) is 4.17. The van der Waals surface area contributed by atoms with Gasteiger partial charge in [-0.1, -0.05) is 12.1 Å². The van der Waals surface area contributed by atoms with Crippen LogP contribution in [0.5, 0.6) is 5.75 Å². The van der Waals surface area contributed by atoms with Crippen molar-refractivity contribution in [2.24, 2.45) is 0 Å². The number of carboxylic acids is 1. The van der Waals surface area contributed by atoms with Crippen molar-refractivity contribution in [2.45, 2.75) is 25.7 Å². The summed E-state index contributed by atoms with van der Waals surface area (Å²) in [6.07, 6.45) is 4.73. The number of rotatable bonds is 4. The molecule has 0 fully saturated rings. The minimum absolute atomic E-state index is 0.0550. The van der Waals surface area contributed by atoms with Crippen LogP contribution < -0.4 is 5.32 Å². The number of aromatic carboxylic acids is 1. The van der Waals surface area contributed by atoms with Crippen molar-refractivity contribution >= 4 is 17.5 Å². The second kappa shape index (κ2) is 7.07. The van der Waals surface area contributed by atoms with Crippen molar-refractivity contribution in [1.82, 2.24) is 10.2 Å². The topological polar surface area (TPSA) is 95.3 Å². The van der Waals surface area contributed by atoms with Crippen LogP contribution in [0.15, 0.2) is 48.5 Å². The Hall–Kier alpha value is -3.41. The normalized spacial score (nSPS) is 13.0. The quantitative estimate of drug-likeness (QED) is 0.604. The molecule has 0 unspecified atom stereocenters. The molecule has 0 radical (unpaired) electrons. The lowest BCUT2D eigenvalue weighted by molar-refractivity contribution is 0.0697. The summed E-state index contributed by atoms with van der Waals surface area (Å²) in [7, 11) is 0. The van der Waals surface area contributed by atoms with Gasteiger partial charge in [-0.25, -0.2) is 4.79 Å². The summed E-state index contributed by atoms with van der Waals surface area (Å²) in [5.41, 5.74) is 4.96. The van der Waals surface area contributed by atoms with Crippen LogP contribution in [0.1, 0.15) is 34.3 Å². The molecular formula is C21H19N3O3. The Labute approximate surface area is 156 Å². The number of aryl methyl sites for hydroxylation is 2. The second-order valence-electron chi connectivity index (χ2n) is 6.66. The zero-order valence-electron chi connectivity index (χ0n) is 14.6. The maximum absolute atomic E-state index is 11.1. The number of hydrogen-bond donors (Lipinski definition) is 3. The molecule has 0 atom stereocenters. The number of aromatic hydroxyl groups is 1. The first-order valence-corrected chi connectivity index (χ1v) is 8.89. The minimum atomic E-state index is -1.06. The van der Waals surface area contributed by atoms with Crippen molar-refractivity contribution in [1.29, 1.82) is 0 Å². The van der Waals surface area contributed by atoms with E-state index in [9.17, 15) is 9.90 Å². The number of phenols is 1. The molecule has 2 aromatic carbocycles.